The van der Waals surface area contributed by atoms with Crippen molar-refractivity contribution in [1.82, 2.24) is 9.80 Å². The molecule has 1 N–H and O–H groups in total. The van der Waals surface area contributed by atoms with Gasteiger partial charge < -0.3 is 19.5 Å². The second-order valence-corrected chi connectivity index (χ2v) is 5.54. The number of benzene rings is 1. The van der Waals surface area contributed by atoms with Gasteiger partial charge in [-0.15, -0.1) is 0 Å². The molecular formula is C15H22N2O3. The largest absolute Gasteiger partial charge is 0.493 e. The third-order valence-electron chi connectivity index (χ3n) is 4.32. The summed E-state index contributed by atoms with van der Waals surface area (Å²) in [5.41, 5.74) is 0.833. The number of piperazine rings is 1. The molecule has 2 unspecified atom stereocenters. The van der Waals surface area contributed by atoms with E-state index >= 15 is 0 Å². The first-order chi connectivity index (χ1) is 9.70. The zero-order chi connectivity index (χ0) is 14.1. The molecule has 0 saturated carbocycles. The van der Waals surface area contributed by atoms with Gasteiger partial charge in [-0.3, -0.25) is 4.90 Å². The molecule has 2 aliphatic heterocycles. The molecule has 2 aliphatic rings. The van der Waals surface area contributed by atoms with Crippen LogP contribution in [0.25, 0.3) is 0 Å². The predicted molar refractivity (Wildman–Crippen MR) is 76.3 cm³/mol. The van der Waals surface area contributed by atoms with Crippen LogP contribution in [0.5, 0.6) is 11.5 Å². The van der Waals surface area contributed by atoms with E-state index in [0.29, 0.717) is 18.1 Å². The number of rotatable bonds is 2. The molecule has 0 spiro atoms. The monoisotopic (exact) mass is 278 g/mol. The van der Waals surface area contributed by atoms with Gasteiger partial charge in [-0.05, 0) is 13.1 Å². The Kier molecular flexibility index (Phi) is 3.83. The van der Waals surface area contributed by atoms with Crippen LogP contribution in [0.4, 0.5) is 0 Å². The number of hydrogen-bond donors (Lipinski definition) is 1. The van der Waals surface area contributed by atoms with Gasteiger partial charge in [0.2, 0.25) is 0 Å². The van der Waals surface area contributed by atoms with Crippen molar-refractivity contribution in [2.24, 2.45) is 0 Å². The van der Waals surface area contributed by atoms with Crippen LogP contribution in [0.2, 0.25) is 0 Å². The Hall–Kier alpha value is -1.30. The molecule has 1 aromatic rings. The standard InChI is InChI=1S/C15H22N2O3/c1-16-6-8-17(9-7-16)12-10-20-15-11(14(12)18)4-3-5-13(15)19-2/h3-5,12,14,18H,6-10H2,1-2H3. The summed E-state index contributed by atoms with van der Waals surface area (Å²) in [5, 5.41) is 10.7. The summed E-state index contributed by atoms with van der Waals surface area (Å²) in [4.78, 5) is 4.64. The van der Waals surface area contributed by atoms with Crippen LogP contribution in [0, 0.1) is 0 Å². The van der Waals surface area contributed by atoms with Crippen molar-refractivity contribution in [2.75, 3.05) is 46.9 Å². The van der Waals surface area contributed by atoms with Gasteiger partial charge in [0, 0.05) is 31.7 Å². The Bertz CT molecular complexity index is 472. The lowest BCUT2D eigenvalue weighted by atomic mass is 9.97. The number of fused-ring (bicyclic) bond motifs is 1. The normalized spacial score (nSPS) is 27.8. The molecule has 0 amide bonds. The van der Waals surface area contributed by atoms with Crippen molar-refractivity contribution in [3.8, 4) is 11.5 Å². The molecule has 2 atom stereocenters. The SMILES string of the molecule is COc1cccc2c1OCC(N1CCN(C)CC1)C2O. The summed E-state index contributed by atoms with van der Waals surface area (Å²) in [6.45, 7) is 4.53. The summed E-state index contributed by atoms with van der Waals surface area (Å²) in [5.74, 6) is 1.38. The predicted octanol–water partition coefficient (Wildman–Crippen LogP) is 0.737. The molecule has 0 aromatic heterocycles. The summed E-state index contributed by atoms with van der Waals surface area (Å²) < 4.78 is 11.2. The highest BCUT2D eigenvalue weighted by Gasteiger charge is 2.35. The van der Waals surface area contributed by atoms with E-state index in [9.17, 15) is 5.11 Å². The summed E-state index contributed by atoms with van der Waals surface area (Å²) in [6.07, 6.45) is -0.516. The van der Waals surface area contributed by atoms with E-state index in [4.69, 9.17) is 9.47 Å². The minimum Gasteiger partial charge on any atom is -0.493 e. The molecule has 3 rings (SSSR count). The van der Waals surface area contributed by atoms with Crippen LogP contribution in [0.3, 0.4) is 0 Å². The van der Waals surface area contributed by atoms with Gasteiger partial charge in [0.1, 0.15) is 12.7 Å². The molecule has 2 heterocycles. The summed E-state index contributed by atoms with van der Waals surface area (Å²) in [7, 11) is 3.75. The zero-order valence-corrected chi connectivity index (χ0v) is 12.1. The van der Waals surface area contributed by atoms with E-state index in [1.807, 2.05) is 18.2 Å². The van der Waals surface area contributed by atoms with Crippen LogP contribution >= 0.6 is 0 Å². The number of aliphatic hydroxyl groups is 1. The van der Waals surface area contributed by atoms with Crippen molar-refractivity contribution in [3.05, 3.63) is 23.8 Å². The highest BCUT2D eigenvalue weighted by molar-refractivity contribution is 5.49. The van der Waals surface area contributed by atoms with Gasteiger partial charge in [0.15, 0.2) is 11.5 Å². The van der Waals surface area contributed by atoms with Gasteiger partial charge in [0.05, 0.1) is 13.2 Å². The lowest BCUT2D eigenvalue weighted by Crippen LogP contribution is -2.53. The van der Waals surface area contributed by atoms with Crippen molar-refractivity contribution < 1.29 is 14.6 Å². The highest BCUT2D eigenvalue weighted by atomic mass is 16.5. The van der Waals surface area contributed by atoms with E-state index < -0.39 is 6.10 Å². The van der Waals surface area contributed by atoms with Gasteiger partial charge >= 0.3 is 0 Å². The number of aliphatic hydroxyl groups excluding tert-OH is 1. The van der Waals surface area contributed by atoms with Crippen LogP contribution in [-0.4, -0.2) is 67.9 Å². The van der Waals surface area contributed by atoms with Crippen molar-refractivity contribution in [2.45, 2.75) is 12.1 Å². The molecular weight excluding hydrogens is 256 g/mol. The number of para-hydroxylation sites is 1. The van der Waals surface area contributed by atoms with Crippen molar-refractivity contribution >= 4 is 0 Å². The maximum atomic E-state index is 10.7. The van der Waals surface area contributed by atoms with Crippen LogP contribution in [0.1, 0.15) is 11.7 Å². The summed E-state index contributed by atoms with van der Waals surface area (Å²) >= 11 is 0. The molecule has 5 nitrogen and oxygen atoms in total. The van der Waals surface area contributed by atoms with Gasteiger partial charge in [0.25, 0.3) is 0 Å². The fourth-order valence-corrected chi connectivity index (χ4v) is 3.01. The fourth-order valence-electron chi connectivity index (χ4n) is 3.01. The van der Waals surface area contributed by atoms with Gasteiger partial charge in [-0.25, -0.2) is 0 Å². The van der Waals surface area contributed by atoms with Crippen LogP contribution in [-0.2, 0) is 0 Å². The van der Waals surface area contributed by atoms with Crippen LogP contribution < -0.4 is 9.47 Å². The van der Waals surface area contributed by atoms with Crippen LogP contribution in [0.15, 0.2) is 18.2 Å². The molecule has 1 aromatic carbocycles. The Labute approximate surface area is 119 Å². The molecule has 5 heteroatoms. The lowest BCUT2D eigenvalue weighted by Gasteiger charge is -2.42. The average Bonchev–Trinajstić information content (AvgIpc) is 2.48. The van der Waals surface area contributed by atoms with Crippen molar-refractivity contribution in [3.63, 3.8) is 0 Å². The lowest BCUT2D eigenvalue weighted by molar-refractivity contribution is -0.0149. The molecule has 0 bridgehead atoms. The first-order valence-electron chi connectivity index (χ1n) is 7.11. The first-order valence-corrected chi connectivity index (χ1v) is 7.11. The van der Waals surface area contributed by atoms with E-state index in [0.717, 1.165) is 31.7 Å². The van der Waals surface area contributed by atoms with Crippen molar-refractivity contribution in [1.29, 1.82) is 0 Å². The van der Waals surface area contributed by atoms with E-state index in [2.05, 4.69) is 16.8 Å². The third kappa shape index (κ3) is 2.37. The Morgan fingerprint density at radius 3 is 2.70 bits per heavy atom. The number of nitrogens with zero attached hydrogens (tertiary/aromatic N) is 2. The molecule has 1 saturated heterocycles. The molecule has 0 radical (unpaired) electrons. The molecule has 1 fully saturated rings. The topological polar surface area (TPSA) is 45.2 Å². The number of hydrogen-bond acceptors (Lipinski definition) is 5. The smallest absolute Gasteiger partial charge is 0.167 e. The quantitative estimate of drug-likeness (QED) is 0.864. The third-order valence-corrected chi connectivity index (χ3v) is 4.32. The average molecular weight is 278 g/mol. The molecule has 20 heavy (non-hydrogen) atoms. The van der Waals surface area contributed by atoms with E-state index in [1.165, 1.54) is 0 Å². The first kappa shape index (κ1) is 13.7. The maximum Gasteiger partial charge on any atom is 0.167 e. The minimum absolute atomic E-state index is 0.0308. The van der Waals surface area contributed by atoms with E-state index in [1.54, 1.807) is 7.11 Å². The minimum atomic E-state index is -0.516. The maximum absolute atomic E-state index is 10.7. The fraction of sp³-hybridized carbons (Fsp3) is 0.600. The summed E-state index contributed by atoms with van der Waals surface area (Å²) in [6, 6.07) is 5.71. The Balaban J connectivity index is 1.80. The van der Waals surface area contributed by atoms with E-state index in [-0.39, 0.29) is 6.04 Å². The highest BCUT2D eigenvalue weighted by Crippen LogP contribution is 2.40. The molecule has 110 valence electrons. The van der Waals surface area contributed by atoms with Gasteiger partial charge in [-0.1, -0.05) is 12.1 Å². The van der Waals surface area contributed by atoms with Gasteiger partial charge in [-0.2, -0.15) is 0 Å². The second-order valence-electron chi connectivity index (χ2n) is 5.54. The Morgan fingerprint density at radius 2 is 2.00 bits per heavy atom. The number of methoxy groups -OCH3 is 1. The number of likely N-dealkylation sites (N-methyl/N-ethyl adjacent to an activating group) is 1. The Morgan fingerprint density at radius 1 is 1.25 bits per heavy atom. The second kappa shape index (κ2) is 5.60. The zero-order valence-electron chi connectivity index (χ0n) is 12.1. The molecule has 0 aliphatic carbocycles. The number of ether oxygens (including phenoxy) is 2.